The number of aromatic nitrogens is 1. The number of aliphatic carboxylic acids is 1. The average molecular weight is 460 g/mol. The van der Waals surface area contributed by atoms with Crippen LogP contribution in [-0.2, 0) is 9.59 Å². The normalized spacial score (nSPS) is 23.4. The van der Waals surface area contributed by atoms with Gasteiger partial charge in [0.25, 0.3) is 5.91 Å². The number of carboxylic acid groups (broad SMARTS) is 1. The van der Waals surface area contributed by atoms with Gasteiger partial charge in [0.05, 0.1) is 18.1 Å². The number of β-lactam (4-membered cyclic amide) rings is 1. The maximum Gasteiger partial charge on any atom is 0.353 e. The average Bonchev–Trinajstić information content (AvgIpc) is 3.24. The molecule has 31 heavy (non-hydrogen) atoms. The molecule has 8 nitrogen and oxygen atoms in total. The van der Waals surface area contributed by atoms with Crippen molar-refractivity contribution in [2.24, 2.45) is 11.8 Å². The molecule has 0 spiro atoms. The van der Waals surface area contributed by atoms with Gasteiger partial charge in [-0.3, -0.25) is 9.59 Å². The third kappa shape index (κ3) is 3.75. The molecule has 0 unspecified atom stereocenters. The Hall–Kier alpha value is -2.69. The van der Waals surface area contributed by atoms with Crippen LogP contribution in [0, 0.1) is 18.8 Å². The molecule has 1 saturated heterocycles. The Bertz CT molecular complexity index is 1110. The Labute approximate surface area is 187 Å². The highest BCUT2D eigenvalue weighted by molar-refractivity contribution is 8.04. The first-order valence-electron chi connectivity index (χ1n) is 9.69. The highest BCUT2D eigenvalue weighted by Crippen LogP contribution is 2.52. The summed E-state index contributed by atoms with van der Waals surface area (Å²) < 4.78 is 0.513. The molecule has 2 aromatic rings. The summed E-state index contributed by atoms with van der Waals surface area (Å²) in [5, 5.41) is 24.1. The van der Waals surface area contributed by atoms with Crippen LogP contribution in [0.25, 0.3) is 0 Å². The van der Waals surface area contributed by atoms with Crippen molar-refractivity contribution < 1.29 is 24.6 Å². The largest absolute Gasteiger partial charge is 0.477 e. The van der Waals surface area contributed by atoms with Crippen LogP contribution in [0.2, 0.25) is 0 Å². The number of anilines is 1. The highest BCUT2D eigenvalue weighted by Gasteiger charge is 2.60. The molecule has 0 radical (unpaired) electrons. The van der Waals surface area contributed by atoms with Crippen molar-refractivity contribution in [1.29, 1.82) is 0 Å². The van der Waals surface area contributed by atoms with Gasteiger partial charge < -0.3 is 20.4 Å². The molecule has 162 valence electrons. The summed E-state index contributed by atoms with van der Waals surface area (Å²) in [5.74, 6) is -2.80. The second-order valence-corrected chi connectivity index (χ2v) is 9.84. The van der Waals surface area contributed by atoms with Crippen molar-refractivity contribution in [2.45, 2.75) is 37.3 Å². The third-order valence-corrected chi connectivity index (χ3v) is 7.72. The number of aryl methyl sites for hydroxylation is 1. The molecule has 2 aliphatic heterocycles. The Kier molecular flexibility index (Phi) is 5.63. The number of thiazole rings is 1. The van der Waals surface area contributed by atoms with E-state index in [1.807, 2.05) is 32.0 Å². The first-order chi connectivity index (χ1) is 14.7. The van der Waals surface area contributed by atoms with Crippen LogP contribution in [0.4, 0.5) is 5.69 Å². The summed E-state index contributed by atoms with van der Waals surface area (Å²) in [6.07, 6.45) is -0.854. The van der Waals surface area contributed by atoms with Gasteiger partial charge in [-0.2, -0.15) is 0 Å². The third-order valence-electron chi connectivity index (χ3n) is 5.50. The fraction of sp³-hybridized carbons (Fsp3) is 0.333. The zero-order valence-corrected chi connectivity index (χ0v) is 18.7. The molecule has 0 bridgehead atoms. The quantitative estimate of drug-likeness (QED) is 0.568. The van der Waals surface area contributed by atoms with Gasteiger partial charge in [0.15, 0.2) is 4.34 Å². The van der Waals surface area contributed by atoms with Crippen molar-refractivity contribution in [1.82, 2.24) is 9.88 Å². The van der Waals surface area contributed by atoms with E-state index in [0.717, 1.165) is 17.3 Å². The fourth-order valence-corrected chi connectivity index (χ4v) is 6.15. The summed E-state index contributed by atoms with van der Waals surface area (Å²) in [7, 11) is 0. The lowest BCUT2D eigenvalue weighted by molar-refractivity contribution is -0.163. The van der Waals surface area contributed by atoms with Crippen LogP contribution in [0.15, 0.2) is 44.6 Å². The van der Waals surface area contributed by atoms with Gasteiger partial charge in [-0.25, -0.2) is 9.78 Å². The van der Waals surface area contributed by atoms with Gasteiger partial charge in [-0.15, -0.1) is 11.3 Å². The lowest BCUT2D eigenvalue weighted by Crippen LogP contribution is -2.63. The van der Waals surface area contributed by atoms with E-state index < -0.39 is 18.0 Å². The number of thioether (sulfide) groups is 1. The monoisotopic (exact) mass is 459 g/mol. The van der Waals surface area contributed by atoms with Gasteiger partial charge in [-0.1, -0.05) is 30.8 Å². The second-order valence-electron chi connectivity index (χ2n) is 7.70. The number of amides is 2. The number of aliphatic hydroxyl groups excluding tert-OH is 1. The van der Waals surface area contributed by atoms with Gasteiger partial charge in [0.2, 0.25) is 5.91 Å². The number of carboxylic acids is 1. The number of fused-ring (bicyclic) bond motifs is 1. The second kappa shape index (κ2) is 8.10. The number of rotatable bonds is 6. The van der Waals surface area contributed by atoms with Crippen molar-refractivity contribution in [3.8, 4) is 0 Å². The topological polar surface area (TPSA) is 120 Å². The predicted molar refractivity (Wildman–Crippen MR) is 117 cm³/mol. The molecule has 0 saturated carbocycles. The zero-order valence-electron chi connectivity index (χ0n) is 17.0. The number of nitrogens with one attached hydrogen (secondary N) is 1. The number of hydrogen-bond donors (Lipinski definition) is 3. The van der Waals surface area contributed by atoms with E-state index in [2.05, 4.69) is 10.3 Å². The van der Waals surface area contributed by atoms with E-state index in [1.165, 1.54) is 23.2 Å². The molecule has 4 rings (SSSR count). The molecule has 1 aromatic heterocycles. The molecule has 1 fully saturated rings. The maximum atomic E-state index is 12.5. The Balaban J connectivity index is 1.54. The van der Waals surface area contributed by atoms with E-state index in [4.69, 9.17) is 0 Å². The number of hydrogen-bond acceptors (Lipinski definition) is 7. The van der Waals surface area contributed by atoms with E-state index in [-0.39, 0.29) is 35.2 Å². The molecule has 3 heterocycles. The van der Waals surface area contributed by atoms with Crippen LogP contribution >= 0.6 is 23.1 Å². The highest BCUT2D eigenvalue weighted by atomic mass is 32.2. The molecular formula is C21H21N3O5S2. The van der Waals surface area contributed by atoms with Crippen LogP contribution in [0.3, 0.4) is 0 Å². The summed E-state index contributed by atoms with van der Waals surface area (Å²) in [6.45, 7) is 5.31. The zero-order chi connectivity index (χ0) is 22.4. The smallest absolute Gasteiger partial charge is 0.353 e. The van der Waals surface area contributed by atoms with E-state index in [9.17, 15) is 24.6 Å². The van der Waals surface area contributed by atoms with Crippen molar-refractivity contribution in [2.75, 3.05) is 5.32 Å². The predicted octanol–water partition coefficient (Wildman–Crippen LogP) is 2.95. The Morgan fingerprint density at radius 3 is 2.74 bits per heavy atom. The van der Waals surface area contributed by atoms with Crippen molar-refractivity contribution >= 4 is 46.6 Å². The minimum atomic E-state index is -1.19. The summed E-state index contributed by atoms with van der Waals surface area (Å²) in [4.78, 5) is 43.0. The number of benzene rings is 1. The molecule has 3 N–H and O–H groups in total. The Morgan fingerprint density at radius 1 is 1.35 bits per heavy atom. The van der Waals surface area contributed by atoms with Crippen LogP contribution in [-0.4, -0.2) is 50.0 Å². The van der Waals surface area contributed by atoms with Gasteiger partial charge in [-0.05, 0) is 31.5 Å². The summed E-state index contributed by atoms with van der Waals surface area (Å²) in [6, 6.07) is 7.03. The lowest BCUT2D eigenvalue weighted by atomic mass is 9.79. The Morgan fingerprint density at radius 2 is 2.10 bits per heavy atom. The number of carbonyl (C=O) groups excluding carboxylic acids is 2. The van der Waals surface area contributed by atoms with Gasteiger partial charge >= 0.3 is 5.97 Å². The standard InChI is InChI=1S/C21H21N3O5S2/c1-9-5-4-6-12(7-9)22-18(26)13-8-30-21(23-13)31-17-10(2)15-14(11(3)25)19(27)24(15)16(17)20(28)29/h4-8,10-11,14-15,25H,1-3H3,(H,22,26)(H,28,29)/t10-,11-,14-,15-/m1/s1. The maximum absolute atomic E-state index is 12.5. The number of aliphatic hydroxyl groups is 1. The molecule has 4 atom stereocenters. The lowest BCUT2D eigenvalue weighted by Gasteiger charge is -2.46. The van der Waals surface area contributed by atoms with E-state index in [1.54, 1.807) is 11.4 Å². The molecule has 2 amide bonds. The van der Waals surface area contributed by atoms with Crippen molar-refractivity contribution in [3.05, 3.63) is 51.5 Å². The molecule has 1 aromatic carbocycles. The van der Waals surface area contributed by atoms with E-state index >= 15 is 0 Å². The first kappa shape index (κ1) is 21.5. The van der Waals surface area contributed by atoms with Gasteiger partial charge in [0.1, 0.15) is 11.4 Å². The summed E-state index contributed by atoms with van der Waals surface area (Å²) in [5.41, 5.74) is 1.86. The van der Waals surface area contributed by atoms with Crippen LogP contribution < -0.4 is 5.32 Å². The SMILES string of the molecule is Cc1cccc(NC(=O)c2csc(SC3=C(C(=O)O)N4C(=O)[C@H]([C@@H](C)O)[C@H]4[C@H]3C)n2)c1. The first-order valence-corrected chi connectivity index (χ1v) is 11.4. The summed E-state index contributed by atoms with van der Waals surface area (Å²) >= 11 is 2.39. The van der Waals surface area contributed by atoms with Gasteiger partial charge in [0, 0.05) is 21.9 Å². The van der Waals surface area contributed by atoms with E-state index in [0.29, 0.717) is 14.9 Å². The minimum absolute atomic E-state index is 0.0645. The molecular weight excluding hydrogens is 438 g/mol. The van der Waals surface area contributed by atoms with Crippen LogP contribution in [0.5, 0.6) is 0 Å². The number of nitrogens with zero attached hydrogens (tertiary/aromatic N) is 2. The molecule has 0 aliphatic carbocycles. The van der Waals surface area contributed by atoms with Crippen molar-refractivity contribution in [3.63, 3.8) is 0 Å². The minimum Gasteiger partial charge on any atom is -0.477 e. The van der Waals surface area contributed by atoms with Crippen LogP contribution in [0.1, 0.15) is 29.9 Å². The molecule has 10 heteroatoms. The molecule has 2 aliphatic rings. The number of carbonyl (C=O) groups is 3. The fourth-order valence-electron chi connectivity index (χ4n) is 4.08.